The molecule has 1 fully saturated rings. The van der Waals surface area contributed by atoms with Gasteiger partial charge in [0.15, 0.2) is 11.6 Å². The number of hydrogen-bond acceptors (Lipinski definition) is 6. The summed E-state index contributed by atoms with van der Waals surface area (Å²) in [6, 6.07) is 6.16. The maximum absolute atomic E-state index is 14.4. The molecule has 4 heterocycles. The lowest BCUT2D eigenvalue weighted by Gasteiger charge is -2.37. The number of nitrogens with one attached hydrogen (secondary N) is 3. The third kappa shape index (κ3) is 3.24. The molecule has 5 rings (SSSR count). The van der Waals surface area contributed by atoms with Crippen LogP contribution in [0.25, 0.3) is 21.8 Å². The molecule has 30 heavy (non-hydrogen) atoms. The molecule has 1 aliphatic rings. The molecule has 0 radical (unpaired) electrons. The van der Waals surface area contributed by atoms with Crippen LogP contribution in [0.3, 0.4) is 0 Å². The molecule has 4 aromatic rings. The predicted octanol–water partition coefficient (Wildman–Crippen LogP) is 3.22. The van der Waals surface area contributed by atoms with E-state index in [4.69, 9.17) is 4.98 Å². The zero-order valence-electron chi connectivity index (χ0n) is 17.5. The van der Waals surface area contributed by atoms with Gasteiger partial charge in [-0.2, -0.15) is 10.2 Å². The van der Waals surface area contributed by atoms with Crippen molar-refractivity contribution >= 4 is 39.1 Å². The Morgan fingerprint density at radius 2 is 1.93 bits per heavy atom. The molecule has 0 unspecified atom stereocenters. The van der Waals surface area contributed by atoms with Crippen molar-refractivity contribution in [2.75, 3.05) is 23.3 Å². The van der Waals surface area contributed by atoms with Crippen LogP contribution >= 0.6 is 0 Å². The lowest BCUT2D eigenvalue weighted by molar-refractivity contribution is 0.405. The maximum Gasteiger partial charge on any atom is 0.161 e. The fourth-order valence-corrected chi connectivity index (χ4v) is 4.40. The van der Waals surface area contributed by atoms with Gasteiger partial charge in [-0.15, -0.1) is 0 Å². The van der Waals surface area contributed by atoms with Crippen molar-refractivity contribution in [2.45, 2.75) is 32.9 Å². The van der Waals surface area contributed by atoms with Gasteiger partial charge >= 0.3 is 0 Å². The smallest absolute Gasteiger partial charge is 0.161 e. The highest BCUT2D eigenvalue weighted by atomic mass is 19.1. The summed E-state index contributed by atoms with van der Waals surface area (Å²) in [5.41, 5.74) is 2.76. The Hall–Kier alpha value is -3.20. The van der Waals surface area contributed by atoms with Gasteiger partial charge in [0.2, 0.25) is 0 Å². The molecule has 0 aliphatic carbocycles. The molecule has 1 aliphatic heterocycles. The highest BCUT2D eigenvalue weighted by Gasteiger charge is 2.23. The van der Waals surface area contributed by atoms with E-state index < -0.39 is 0 Å². The van der Waals surface area contributed by atoms with Crippen LogP contribution in [0, 0.1) is 12.7 Å². The van der Waals surface area contributed by atoms with Gasteiger partial charge in [-0.1, -0.05) is 0 Å². The highest BCUT2D eigenvalue weighted by Crippen LogP contribution is 2.31. The number of aromatic amines is 1. The standard InChI is InChI=1S/C21H25FN8/c1-11-8-30(9-12(2)23-11)18-7-17-19(13(3)24-18)21(27-26-17)25-15-5-14-10-29(4)28-20(14)16(22)6-15/h5-7,10-12,23H,8-9H2,1-4H3,(H2,25,26,27)/t11-,12-/m0/s1. The predicted molar refractivity (Wildman–Crippen MR) is 117 cm³/mol. The first kappa shape index (κ1) is 18.8. The Bertz CT molecular complexity index is 1230. The number of piperazine rings is 1. The first-order valence-corrected chi connectivity index (χ1v) is 10.1. The van der Waals surface area contributed by atoms with Crippen molar-refractivity contribution in [3.63, 3.8) is 0 Å². The first-order chi connectivity index (χ1) is 14.4. The molecule has 0 saturated carbocycles. The number of hydrogen-bond donors (Lipinski definition) is 3. The van der Waals surface area contributed by atoms with Gasteiger partial charge in [0.25, 0.3) is 0 Å². The summed E-state index contributed by atoms with van der Waals surface area (Å²) in [6.45, 7) is 8.17. The van der Waals surface area contributed by atoms with Crippen molar-refractivity contribution < 1.29 is 4.39 Å². The number of aryl methyl sites for hydroxylation is 2. The molecule has 0 amide bonds. The van der Waals surface area contributed by atoms with Crippen LogP contribution < -0.4 is 15.5 Å². The maximum atomic E-state index is 14.4. The monoisotopic (exact) mass is 408 g/mol. The largest absolute Gasteiger partial charge is 0.353 e. The summed E-state index contributed by atoms with van der Waals surface area (Å²) in [5.74, 6) is 1.21. The normalized spacial score (nSPS) is 19.7. The van der Waals surface area contributed by atoms with Crippen LogP contribution in [0.2, 0.25) is 0 Å². The van der Waals surface area contributed by atoms with Crippen LogP contribution in [-0.4, -0.2) is 50.1 Å². The Kier molecular flexibility index (Phi) is 4.35. The molecule has 0 spiro atoms. The number of fused-ring (bicyclic) bond motifs is 2. The van der Waals surface area contributed by atoms with Gasteiger partial charge in [-0.3, -0.25) is 9.78 Å². The average molecular weight is 408 g/mol. The lowest BCUT2D eigenvalue weighted by Crippen LogP contribution is -2.54. The van der Waals surface area contributed by atoms with Crippen molar-refractivity contribution in [2.24, 2.45) is 7.05 Å². The van der Waals surface area contributed by atoms with E-state index in [9.17, 15) is 4.39 Å². The second-order valence-electron chi connectivity index (χ2n) is 8.26. The van der Waals surface area contributed by atoms with Crippen molar-refractivity contribution in [3.05, 3.63) is 35.9 Å². The van der Waals surface area contributed by atoms with Gasteiger partial charge < -0.3 is 15.5 Å². The highest BCUT2D eigenvalue weighted by molar-refractivity contribution is 5.95. The SMILES string of the molecule is Cc1nc(N2C[C@H](C)N[C@@H](C)C2)cc2[nH]nc(Nc3cc(F)c4nn(C)cc4c3)c12. The van der Waals surface area contributed by atoms with Crippen molar-refractivity contribution in [3.8, 4) is 0 Å². The van der Waals surface area contributed by atoms with Gasteiger partial charge in [0.1, 0.15) is 11.3 Å². The van der Waals surface area contributed by atoms with Crippen molar-refractivity contribution in [1.29, 1.82) is 0 Å². The van der Waals surface area contributed by atoms with E-state index in [1.807, 2.05) is 19.1 Å². The Morgan fingerprint density at radius 1 is 1.17 bits per heavy atom. The molecule has 0 bridgehead atoms. The molecule has 1 saturated heterocycles. The van der Waals surface area contributed by atoms with Crippen LogP contribution in [0.15, 0.2) is 24.4 Å². The van der Waals surface area contributed by atoms with E-state index in [0.29, 0.717) is 29.1 Å². The first-order valence-electron chi connectivity index (χ1n) is 10.1. The van der Waals surface area contributed by atoms with Crippen LogP contribution in [0.1, 0.15) is 19.5 Å². The molecule has 2 atom stereocenters. The Balaban J connectivity index is 1.49. The summed E-state index contributed by atoms with van der Waals surface area (Å²) in [5, 5.41) is 20.1. The Morgan fingerprint density at radius 3 is 2.70 bits per heavy atom. The van der Waals surface area contributed by atoms with Crippen LogP contribution in [-0.2, 0) is 7.05 Å². The van der Waals surface area contributed by atoms with Gasteiger partial charge in [0, 0.05) is 55.6 Å². The zero-order valence-corrected chi connectivity index (χ0v) is 17.5. The second kappa shape index (κ2) is 6.94. The number of rotatable bonds is 3. The van der Waals surface area contributed by atoms with Gasteiger partial charge in [0.05, 0.1) is 16.6 Å². The van der Waals surface area contributed by atoms with E-state index in [0.717, 1.165) is 40.9 Å². The lowest BCUT2D eigenvalue weighted by atomic mass is 10.1. The summed E-state index contributed by atoms with van der Waals surface area (Å²) in [6.07, 6.45) is 1.79. The molecular formula is C21H25FN8. The summed E-state index contributed by atoms with van der Waals surface area (Å²) < 4.78 is 16.0. The van der Waals surface area contributed by atoms with Gasteiger partial charge in [-0.05, 0) is 32.9 Å². The fraction of sp³-hybridized carbons (Fsp3) is 0.381. The van der Waals surface area contributed by atoms with E-state index in [2.05, 4.69) is 44.7 Å². The van der Waals surface area contributed by atoms with E-state index in [1.165, 1.54) is 6.07 Å². The fourth-order valence-electron chi connectivity index (χ4n) is 4.40. The number of halogens is 1. The average Bonchev–Trinajstić information content (AvgIpc) is 3.24. The number of pyridine rings is 1. The van der Waals surface area contributed by atoms with Crippen LogP contribution in [0.4, 0.5) is 21.7 Å². The number of anilines is 3. The number of benzene rings is 1. The van der Waals surface area contributed by atoms with Gasteiger partial charge in [-0.25, -0.2) is 9.37 Å². The molecule has 1 aromatic carbocycles. The third-order valence-electron chi connectivity index (χ3n) is 5.53. The topological polar surface area (TPSA) is 86.7 Å². The number of nitrogens with zero attached hydrogens (tertiary/aromatic N) is 5. The second-order valence-corrected chi connectivity index (χ2v) is 8.26. The summed E-state index contributed by atoms with van der Waals surface area (Å²) in [4.78, 5) is 7.15. The molecular weight excluding hydrogens is 383 g/mol. The molecule has 156 valence electrons. The van der Waals surface area contributed by atoms with E-state index >= 15 is 0 Å². The number of aromatic nitrogens is 5. The molecule has 9 heteroatoms. The third-order valence-corrected chi connectivity index (χ3v) is 5.53. The van der Waals surface area contributed by atoms with E-state index in [-0.39, 0.29) is 5.82 Å². The van der Waals surface area contributed by atoms with E-state index in [1.54, 1.807) is 17.9 Å². The quantitative estimate of drug-likeness (QED) is 0.483. The minimum absolute atomic E-state index is 0.358. The molecule has 3 N–H and O–H groups in total. The summed E-state index contributed by atoms with van der Waals surface area (Å²) >= 11 is 0. The minimum atomic E-state index is -0.366. The zero-order chi connectivity index (χ0) is 21.0. The minimum Gasteiger partial charge on any atom is -0.353 e. The summed E-state index contributed by atoms with van der Waals surface area (Å²) in [7, 11) is 1.78. The molecule has 3 aromatic heterocycles. The van der Waals surface area contributed by atoms with Crippen LogP contribution in [0.5, 0.6) is 0 Å². The Labute approximate surface area is 173 Å². The number of H-pyrrole nitrogens is 1. The van der Waals surface area contributed by atoms with Crippen molar-refractivity contribution in [1.82, 2.24) is 30.3 Å². The molecule has 8 nitrogen and oxygen atoms in total.